The fraction of sp³-hybridized carbons (Fsp3) is 0.444. The molecule has 0 unspecified atom stereocenters. The number of ether oxygens (including phenoxy) is 1. The van der Waals surface area contributed by atoms with Gasteiger partial charge in [-0.2, -0.15) is 0 Å². The zero-order valence-corrected chi connectivity index (χ0v) is 15.4. The first-order valence-electron chi connectivity index (χ1n) is 8.66. The van der Waals surface area contributed by atoms with Gasteiger partial charge in [-0.05, 0) is 25.1 Å². The van der Waals surface area contributed by atoms with Crippen LogP contribution in [0.4, 0.5) is 5.69 Å². The number of aromatic nitrogens is 1. The summed E-state index contributed by atoms with van der Waals surface area (Å²) in [4.78, 5) is 32.0. The molecule has 0 amide bonds. The normalized spacial score (nSPS) is 15.4. The molecule has 3 rings (SSSR count). The van der Waals surface area contributed by atoms with Gasteiger partial charge in [0, 0.05) is 43.1 Å². The highest BCUT2D eigenvalue weighted by Crippen LogP contribution is 2.31. The Morgan fingerprint density at radius 1 is 1.31 bits per heavy atom. The molecule has 8 heteroatoms. The van der Waals surface area contributed by atoms with Crippen LogP contribution in [0.2, 0.25) is 5.02 Å². The van der Waals surface area contributed by atoms with Crippen LogP contribution in [-0.2, 0) is 4.74 Å². The van der Waals surface area contributed by atoms with Crippen LogP contribution in [0.1, 0.15) is 17.3 Å². The minimum Gasteiger partial charge on any atom is -0.462 e. The number of anilines is 1. The zero-order valence-electron chi connectivity index (χ0n) is 14.6. The molecule has 2 N–H and O–H groups in total. The zero-order chi connectivity index (χ0) is 18.7. The topological polar surface area (TPSA) is 85.9 Å². The Morgan fingerprint density at radius 3 is 2.69 bits per heavy atom. The maximum atomic E-state index is 12.6. The average Bonchev–Trinajstić information content (AvgIpc) is 2.62. The molecule has 1 saturated heterocycles. The molecule has 1 fully saturated rings. The monoisotopic (exact) mass is 379 g/mol. The van der Waals surface area contributed by atoms with Crippen LogP contribution in [0.15, 0.2) is 23.0 Å². The molecular weight excluding hydrogens is 358 g/mol. The maximum absolute atomic E-state index is 12.6. The lowest BCUT2D eigenvalue weighted by atomic mass is 10.1. The highest BCUT2D eigenvalue weighted by atomic mass is 35.5. The van der Waals surface area contributed by atoms with Crippen LogP contribution in [0.25, 0.3) is 10.9 Å². The van der Waals surface area contributed by atoms with Crippen molar-refractivity contribution in [3.63, 3.8) is 0 Å². The second-order valence-corrected chi connectivity index (χ2v) is 6.58. The largest absolute Gasteiger partial charge is 0.462 e. The van der Waals surface area contributed by atoms with Gasteiger partial charge >= 0.3 is 5.97 Å². The smallest absolute Gasteiger partial charge is 0.345 e. The van der Waals surface area contributed by atoms with Crippen LogP contribution in [0, 0.1) is 0 Å². The van der Waals surface area contributed by atoms with Crippen molar-refractivity contribution < 1.29 is 14.6 Å². The summed E-state index contributed by atoms with van der Waals surface area (Å²) >= 11 is 6.16. The van der Waals surface area contributed by atoms with Crippen LogP contribution in [-0.4, -0.2) is 66.9 Å². The van der Waals surface area contributed by atoms with E-state index in [4.69, 9.17) is 21.4 Å². The summed E-state index contributed by atoms with van der Waals surface area (Å²) in [6.45, 7) is 5.36. The van der Waals surface area contributed by atoms with E-state index in [1.54, 1.807) is 25.1 Å². The molecule has 0 atom stereocenters. The predicted molar refractivity (Wildman–Crippen MR) is 101 cm³/mol. The Kier molecular flexibility index (Phi) is 5.80. The molecule has 1 aliphatic heterocycles. The van der Waals surface area contributed by atoms with Crippen molar-refractivity contribution in [1.29, 1.82) is 0 Å². The number of H-pyrrole nitrogens is 1. The van der Waals surface area contributed by atoms with E-state index in [2.05, 4.69) is 9.88 Å². The Bertz CT molecular complexity index is 859. The van der Waals surface area contributed by atoms with Crippen molar-refractivity contribution in [3.05, 3.63) is 39.1 Å². The summed E-state index contributed by atoms with van der Waals surface area (Å²) in [7, 11) is 0. The van der Waals surface area contributed by atoms with Gasteiger partial charge in [0.15, 0.2) is 0 Å². The number of fused-ring (bicyclic) bond motifs is 1. The summed E-state index contributed by atoms with van der Waals surface area (Å²) < 4.78 is 5.12. The second-order valence-electron chi connectivity index (χ2n) is 6.14. The van der Waals surface area contributed by atoms with Crippen molar-refractivity contribution in [2.45, 2.75) is 6.92 Å². The minimum absolute atomic E-state index is 0.0113. The number of aliphatic hydroxyl groups excluding tert-OH is 1. The van der Waals surface area contributed by atoms with Gasteiger partial charge in [-0.3, -0.25) is 9.69 Å². The third-order valence-electron chi connectivity index (χ3n) is 4.53. The summed E-state index contributed by atoms with van der Waals surface area (Å²) in [5, 5.41) is 10.4. The third-order valence-corrected chi connectivity index (χ3v) is 4.77. The number of carbonyl (C=O) groups is 1. The molecule has 26 heavy (non-hydrogen) atoms. The van der Waals surface area contributed by atoms with Gasteiger partial charge in [0.05, 0.1) is 24.4 Å². The molecule has 1 aromatic carbocycles. The second kappa shape index (κ2) is 8.07. The molecule has 0 spiro atoms. The number of halogens is 1. The summed E-state index contributed by atoms with van der Waals surface area (Å²) in [5.74, 6) is -0.636. The molecule has 1 aliphatic rings. The van der Waals surface area contributed by atoms with E-state index in [9.17, 15) is 9.59 Å². The Morgan fingerprint density at radius 2 is 2.04 bits per heavy atom. The van der Waals surface area contributed by atoms with Crippen LogP contribution in [0.5, 0.6) is 0 Å². The summed E-state index contributed by atoms with van der Waals surface area (Å²) in [6.07, 6.45) is 0. The number of pyridine rings is 1. The van der Waals surface area contributed by atoms with Gasteiger partial charge < -0.3 is 19.7 Å². The molecule has 0 saturated carbocycles. The van der Waals surface area contributed by atoms with E-state index in [0.29, 0.717) is 35.9 Å². The molecule has 0 radical (unpaired) electrons. The number of hydrogen-bond donors (Lipinski definition) is 2. The van der Waals surface area contributed by atoms with Crippen molar-refractivity contribution in [2.75, 3.05) is 50.8 Å². The summed E-state index contributed by atoms with van der Waals surface area (Å²) in [5.41, 5.74) is 0.733. The van der Waals surface area contributed by atoms with Crippen LogP contribution in [0.3, 0.4) is 0 Å². The van der Waals surface area contributed by atoms with Gasteiger partial charge in [-0.25, -0.2) is 4.79 Å². The van der Waals surface area contributed by atoms with Crippen molar-refractivity contribution in [2.24, 2.45) is 0 Å². The number of β-amino-alcohol motifs (C(OH)–C–C–N with tert-alkyl or cyclic N) is 1. The number of benzene rings is 1. The SMILES string of the molecule is CCOC(=O)c1c(N2CCN(CCO)CC2)c2cc(Cl)ccc2[nH]c1=O. The van der Waals surface area contributed by atoms with Gasteiger partial charge in [-0.15, -0.1) is 0 Å². The molecule has 2 aromatic rings. The van der Waals surface area contributed by atoms with Gasteiger partial charge in [0.2, 0.25) is 0 Å². The number of piperazine rings is 1. The lowest BCUT2D eigenvalue weighted by Gasteiger charge is -2.36. The van der Waals surface area contributed by atoms with Gasteiger partial charge in [-0.1, -0.05) is 11.6 Å². The van der Waals surface area contributed by atoms with Gasteiger partial charge in [0.25, 0.3) is 5.56 Å². The lowest BCUT2D eigenvalue weighted by molar-refractivity contribution is 0.0525. The predicted octanol–water partition coefficient (Wildman–Crippen LogP) is 1.47. The fourth-order valence-corrected chi connectivity index (χ4v) is 3.48. The number of esters is 1. The Balaban J connectivity index is 2.11. The van der Waals surface area contributed by atoms with E-state index in [-0.39, 0.29) is 18.8 Å². The minimum atomic E-state index is -0.636. The van der Waals surface area contributed by atoms with E-state index >= 15 is 0 Å². The number of nitrogens with zero attached hydrogens (tertiary/aromatic N) is 2. The standard InChI is InChI=1S/C18H22ClN3O4/c1-2-26-18(25)15-16(22-7-5-21(6-8-22)9-10-23)13-11-12(19)3-4-14(13)20-17(15)24/h3-4,11,23H,2,5-10H2,1H3,(H,20,24). The Labute approximate surface area is 156 Å². The van der Waals surface area contributed by atoms with Crippen molar-refractivity contribution in [3.8, 4) is 0 Å². The maximum Gasteiger partial charge on any atom is 0.345 e. The molecule has 2 heterocycles. The third kappa shape index (κ3) is 3.70. The molecule has 1 aromatic heterocycles. The van der Waals surface area contributed by atoms with E-state index in [1.807, 2.05) is 4.90 Å². The number of aliphatic hydroxyl groups is 1. The number of carbonyl (C=O) groups excluding carboxylic acids is 1. The van der Waals surface area contributed by atoms with Crippen molar-refractivity contribution in [1.82, 2.24) is 9.88 Å². The van der Waals surface area contributed by atoms with Crippen LogP contribution < -0.4 is 10.5 Å². The average molecular weight is 380 g/mol. The quantitative estimate of drug-likeness (QED) is 0.765. The van der Waals surface area contributed by atoms with E-state index < -0.39 is 11.5 Å². The van der Waals surface area contributed by atoms with E-state index in [1.165, 1.54) is 0 Å². The first kappa shape index (κ1) is 18.7. The molecule has 0 aliphatic carbocycles. The van der Waals surface area contributed by atoms with Gasteiger partial charge in [0.1, 0.15) is 5.56 Å². The van der Waals surface area contributed by atoms with E-state index in [0.717, 1.165) is 18.5 Å². The molecule has 0 bridgehead atoms. The summed E-state index contributed by atoms with van der Waals surface area (Å²) in [6, 6.07) is 5.19. The fourth-order valence-electron chi connectivity index (χ4n) is 3.31. The van der Waals surface area contributed by atoms with Crippen molar-refractivity contribution >= 4 is 34.2 Å². The van der Waals surface area contributed by atoms with Crippen LogP contribution >= 0.6 is 11.6 Å². The first-order chi connectivity index (χ1) is 12.5. The number of rotatable bonds is 5. The molecule has 140 valence electrons. The highest BCUT2D eigenvalue weighted by Gasteiger charge is 2.27. The molecule has 7 nitrogen and oxygen atoms in total. The number of aromatic amines is 1. The highest BCUT2D eigenvalue weighted by molar-refractivity contribution is 6.31. The number of nitrogens with one attached hydrogen (secondary N) is 1. The first-order valence-corrected chi connectivity index (χ1v) is 9.03. The lowest BCUT2D eigenvalue weighted by Crippen LogP contribution is -2.48. The number of hydrogen-bond acceptors (Lipinski definition) is 6. The Hall–Kier alpha value is -2.09. The molecular formula is C18H22ClN3O4.